The van der Waals surface area contributed by atoms with E-state index in [1.165, 1.54) is 18.4 Å². The number of hydrogen-bond acceptors (Lipinski definition) is 3. The predicted octanol–water partition coefficient (Wildman–Crippen LogP) is 1.45. The Kier molecular flexibility index (Phi) is 3.80. The lowest BCUT2D eigenvalue weighted by Crippen LogP contribution is -2.30. The molecule has 1 aliphatic rings. The fourth-order valence-electron chi connectivity index (χ4n) is 1.80. The second kappa shape index (κ2) is 5.32. The number of nitrogens with zero attached hydrogens (tertiary/aromatic N) is 1. The minimum atomic E-state index is 0.801. The van der Waals surface area contributed by atoms with Crippen LogP contribution in [0.5, 0.6) is 0 Å². The minimum Gasteiger partial charge on any atom is -0.398 e. The van der Waals surface area contributed by atoms with Crippen molar-refractivity contribution in [2.45, 2.75) is 25.4 Å². The lowest BCUT2D eigenvalue weighted by molar-refractivity contribution is 0.324. The van der Waals surface area contributed by atoms with Crippen molar-refractivity contribution in [3.8, 4) is 0 Å². The number of benzene rings is 1. The molecular weight excluding hydrogens is 198 g/mol. The first-order valence-corrected chi connectivity index (χ1v) is 6.01. The van der Waals surface area contributed by atoms with Gasteiger partial charge in [-0.15, -0.1) is 0 Å². The zero-order chi connectivity index (χ0) is 11.4. The van der Waals surface area contributed by atoms with Gasteiger partial charge >= 0.3 is 0 Å². The number of nitrogen functional groups attached to an aromatic ring is 1. The molecule has 0 aliphatic heterocycles. The van der Waals surface area contributed by atoms with Crippen molar-refractivity contribution in [3.05, 3.63) is 29.8 Å². The van der Waals surface area contributed by atoms with Crippen molar-refractivity contribution >= 4 is 5.69 Å². The van der Waals surface area contributed by atoms with E-state index >= 15 is 0 Å². The molecule has 88 valence electrons. The van der Waals surface area contributed by atoms with Crippen molar-refractivity contribution < 1.29 is 0 Å². The number of anilines is 1. The van der Waals surface area contributed by atoms with E-state index in [1.54, 1.807) is 0 Å². The summed E-state index contributed by atoms with van der Waals surface area (Å²) in [6.45, 7) is 3.08. The summed E-state index contributed by atoms with van der Waals surface area (Å²) in [6.07, 6.45) is 2.71. The zero-order valence-electron chi connectivity index (χ0n) is 9.95. The first-order chi connectivity index (χ1) is 7.75. The largest absolute Gasteiger partial charge is 0.398 e. The van der Waals surface area contributed by atoms with Gasteiger partial charge in [0.1, 0.15) is 0 Å². The SMILES string of the molecule is CN(CCNC1CC1)Cc1ccccc1N. The summed E-state index contributed by atoms with van der Waals surface area (Å²) in [5.74, 6) is 0. The Hall–Kier alpha value is -1.06. The third-order valence-electron chi connectivity index (χ3n) is 3.00. The normalized spacial score (nSPS) is 15.6. The highest BCUT2D eigenvalue weighted by Crippen LogP contribution is 2.18. The standard InChI is InChI=1S/C13H21N3/c1-16(9-8-15-12-6-7-12)10-11-4-2-3-5-13(11)14/h2-5,12,15H,6-10,14H2,1H3. The van der Waals surface area contributed by atoms with Gasteiger partial charge in [-0.1, -0.05) is 18.2 Å². The molecule has 1 aliphatic carbocycles. The third kappa shape index (κ3) is 3.51. The molecule has 0 bridgehead atoms. The molecule has 0 saturated heterocycles. The first kappa shape index (κ1) is 11.4. The Labute approximate surface area is 97.6 Å². The molecule has 3 N–H and O–H groups in total. The van der Waals surface area contributed by atoms with Crippen LogP contribution in [0.2, 0.25) is 0 Å². The van der Waals surface area contributed by atoms with Crippen LogP contribution in [-0.4, -0.2) is 31.1 Å². The summed E-state index contributed by atoms with van der Waals surface area (Å²) < 4.78 is 0. The van der Waals surface area contributed by atoms with E-state index in [-0.39, 0.29) is 0 Å². The molecule has 1 fully saturated rings. The highest BCUT2D eigenvalue weighted by atomic mass is 15.1. The molecular formula is C13H21N3. The van der Waals surface area contributed by atoms with Gasteiger partial charge in [0.05, 0.1) is 0 Å². The van der Waals surface area contributed by atoms with Gasteiger partial charge in [0, 0.05) is 31.4 Å². The summed E-state index contributed by atoms with van der Waals surface area (Å²) in [6, 6.07) is 8.89. The molecule has 0 amide bonds. The van der Waals surface area contributed by atoms with Crippen LogP contribution < -0.4 is 11.1 Å². The van der Waals surface area contributed by atoms with Gasteiger partial charge < -0.3 is 16.0 Å². The van der Waals surface area contributed by atoms with Gasteiger partial charge in [-0.3, -0.25) is 0 Å². The van der Waals surface area contributed by atoms with Crippen molar-refractivity contribution in [3.63, 3.8) is 0 Å². The van der Waals surface area contributed by atoms with Gasteiger partial charge in [0.25, 0.3) is 0 Å². The highest BCUT2D eigenvalue weighted by Gasteiger charge is 2.19. The van der Waals surface area contributed by atoms with Crippen LogP contribution in [0, 0.1) is 0 Å². The number of rotatable bonds is 6. The topological polar surface area (TPSA) is 41.3 Å². The highest BCUT2D eigenvalue weighted by molar-refractivity contribution is 5.46. The van der Waals surface area contributed by atoms with E-state index in [0.717, 1.165) is 31.4 Å². The summed E-state index contributed by atoms with van der Waals surface area (Å²) in [5, 5.41) is 3.51. The zero-order valence-corrected chi connectivity index (χ0v) is 9.95. The van der Waals surface area contributed by atoms with E-state index in [1.807, 2.05) is 18.2 Å². The molecule has 0 atom stereocenters. The lowest BCUT2D eigenvalue weighted by atomic mass is 10.2. The number of para-hydroxylation sites is 1. The lowest BCUT2D eigenvalue weighted by Gasteiger charge is -2.18. The van der Waals surface area contributed by atoms with Crippen LogP contribution in [0.25, 0.3) is 0 Å². The second-order valence-electron chi connectivity index (χ2n) is 4.66. The summed E-state index contributed by atoms with van der Waals surface area (Å²) in [4.78, 5) is 2.31. The Morgan fingerprint density at radius 3 is 2.81 bits per heavy atom. The van der Waals surface area contributed by atoms with Crippen molar-refractivity contribution in [1.29, 1.82) is 0 Å². The first-order valence-electron chi connectivity index (χ1n) is 6.01. The van der Waals surface area contributed by atoms with Gasteiger partial charge in [0.2, 0.25) is 0 Å². The average Bonchev–Trinajstić information content (AvgIpc) is 3.05. The molecule has 0 spiro atoms. The second-order valence-corrected chi connectivity index (χ2v) is 4.66. The quantitative estimate of drug-likeness (QED) is 0.712. The van der Waals surface area contributed by atoms with Crippen LogP contribution in [0.15, 0.2) is 24.3 Å². The van der Waals surface area contributed by atoms with Crippen molar-refractivity contribution in [1.82, 2.24) is 10.2 Å². The summed E-state index contributed by atoms with van der Waals surface area (Å²) >= 11 is 0. The van der Waals surface area contributed by atoms with E-state index < -0.39 is 0 Å². The molecule has 0 radical (unpaired) electrons. The Balaban J connectivity index is 1.73. The number of likely N-dealkylation sites (N-methyl/N-ethyl adjacent to an activating group) is 1. The average molecular weight is 219 g/mol. The van der Waals surface area contributed by atoms with Gasteiger partial charge in [-0.05, 0) is 31.5 Å². The monoisotopic (exact) mass is 219 g/mol. The molecule has 0 unspecified atom stereocenters. The van der Waals surface area contributed by atoms with Crippen LogP contribution in [0.1, 0.15) is 18.4 Å². The number of nitrogens with one attached hydrogen (secondary N) is 1. The molecule has 1 aromatic rings. The predicted molar refractivity (Wildman–Crippen MR) is 68.2 cm³/mol. The molecule has 1 aromatic carbocycles. The molecule has 3 nitrogen and oxygen atoms in total. The third-order valence-corrected chi connectivity index (χ3v) is 3.00. The van der Waals surface area contributed by atoms with E-state index in [9.17, 15) is 0 Å². The maximum Gasteiger partial charge on any atom is 0.0359 e. The minimum absolute atomic E-state index is 0.801. The van der Waals surface area contributed by atoms with E-state index in [2.05, 4.69) is 23.3 Å². The summed E-state index contributed by atoms with van der Waals surface area (Å²) in [7, 11) is 2.14. The van der Waals surface area contributed by atoms with Crippen LogP contribution >= 0.6 is 0 Å². The molecule has 0 aromatic heterocycles. The number of hydrogen-bond donors (Lipinski definition) is 2. The maximum absolute atomic E-state index is 5.91. The molecule has 3 heteroatoms. The summed E-state index contributed by atoms with van der Waals surface area (Å²) in [5.41, 5.74) is 8.03. The van der Waals surface area contributed by atoms with Crippen LogP contribution in [-0.2, 0) is 6.54 Å². The van der Waals surface area contributed by atoms with Gasteiger partial charge in [0.15, 0.2) is 0 Å². The Bertz CT molecular complexity index is 334. The maximum atomic E-state index is 5.91. The smallest absolute Gasteiger partial charge is 0.0359 e. The fraction of sp³-hybridized carbons (Fsp3) is 0.538. The van der Waals surface area contributed by atoms with Crippen molar-refractivity contribution in [2.24, 2.45) is 0 Å². The van der Waals surface area contributed by atoms with Gasteiger partial charge in [-0.25, -0.2) is 0 Å². The van der Waals surface area contributed by atoms with Gasteiger partial charge in [-0.2, -0.15) is 0 Å². The molecule has 1 saturated carbocycles. The van der Waals surface area contributed by atoms with E-state index in [0.29, 0.717) is 0 Å². The Morgan fingerprint density at radius 2 is 2.12 bits per heavy atom. The van der Waals surface area contributed by atoms with Crippen molar-refractivity contribution in [2.75, 3.05) is 25.9 Å². The van der Waals surface area contributed by atoms with Crippen LogP contribution in [0.3, 0.4) is 0 Å². The van der Waals surface area contributed by atoms with E-state index in [4.69, 9.17) is 5.73 Å². The van der Waals surface area contributed by atoms with Crippen LogP contribution in [0.4, 0.5) is 5.69 Å². The molecule has 0 heterocycles. The molecule has 16 heavy (non-hydrogen) atoms. The Morgan fingerprint density at radius 1 is 1.38 bits per heavy atom. The fourth-order valence-corrected chi connectivity index (χ4v) is 1.80. The molecule has 2 rings (SSSR count). The number of nitrogens with two attached hydrogens (primary N) is 1.